The minimum atomic E-state index is -0.192. The zero-order valence-corrected chi connectivity index (χ0v) is 34.8. The van der Waals surface area contributed by atoms with Crippen molar-refractivity contribution in [2.45, 2.75) is 29.1 Å². The Hall–Kier alpha value is -7.27. The van der Waals surface area contributed by atoms with E-state index >= 15 is 0 Å². The molecule has 2 aliphatic rings. The predicted molar refractivity (Wildman–Crippen MR) is 257 cm³/mol. The molecule has 3 nitrogen and oxygen atoms in total. The van der Waals surface area contributed by atoms with E-state index in [9.17, 15) is 0 Å². The molecule has 290 valence electrons. The third kappa shape index (κ3) is 5.67. The van der Waals surface area contributed by atoms with E-state index in [1.807, 2.05) is 11.8 Å². The fourth-order valence-electron chi connectivity index (χ4n) is 9.77. The highest BCUT2D eigenvalue weighted by molar-refractivity contribution is 7.99. The second-order valence-electron chi connectivity index (χ2n) is 16.6. The Morgan fingerprint density at radius 1 is 0.344 bits per heavy atom. The first-order chi connectivity index (χ1) is 30.0. The van der Waals surface area contributed by atoms with E-state index in [4.69, 9.17) is 0 Å². The molecule has 0 aliphatic carbocycles. The second-order valence-corrected chi connectivity index (χ2v) is 17.7. The van der Waals surface area contributed by atoms with E-state index in [0.717, 1.165) is 11.4 Å². The van der Waals surface area contributed by atoms with Gasteiger partial charge in [-0.2, -0.15) is 0 Å². The van der Waals surface area contributed by atoms with Gasteiger partial charge < -0.3 is 14.4 Å². The molecular formula is C57H41N3S. The summed E-state index contributed by atoms with van der Waals surface area (Å²) in [5.74, 6) is 0. The lowest BCUT2D eigenvalue weighted by molar-refractivity contribution is 0.632. The van der Waals surface area contributed by atoms with E-state index in [2.05, 4.69) is 241 Å². The Morgan fingerprint density at radius 2 is 0.787 bits per heavy atom. The fourth-order valence-corrected chi connectivity index (χ4v) is 10.9. The standard InChI is InChI=1S/C57H41N3S/c1-57(2)47-22-12-13-23-51(47)59(43-18-8-4-9-19-43)52-32-28-40(36-48(52)57)38-26-30-49-45(34-38)46-35-39(27-31-50(46)58(49)42-16-6-3-7-17-42)41-29-33-54-56(37-41)61-55-25-15-14-24-53(55)60(54)44-20-10-5-11-21-44/h3-37H,1-2H3. The van der Waals surface area contributed by atoms with Crippen molar-refractivity contribution in [2.24, 2.45) is 0 Å². The van der Waals surface area contributed by atoms with Gasteiger partial charge in [0.05, 0.1) is 33.8 Å². The van der Waals surface area contributed by atoms with Gasteiger partial charge in [0.1, 0.15) is 0 Å². The first-order valence-corrected chi connectivity index (χ1v) is 21.8. The van der Waals surface area contributed by atoms with Crippen molar-refractivity contribution in [3.05, 3.63) is 223 Å². The molecule has 61 heavy (non-hydrogen) atoms. The van der Waals surface area contributed by atoms with Crippen LogP contribution in [-0.4, -0.2) is 4.57 Å². The number of aromatic nitrogens is 1. The summed E-state index contributed by atoms with van der Waals surface area (Å²) in [5.41, 5.74) is 18.0. The van der Waals surface area contributed by atoms with Gasteiger partial charge in [-0.05, 0) is 137 Å². The van der Waals surface area contributed by atoms with Gasteiger partial charge in [-0.15, -0.1) is 0 Å². The Balaban J connectivity index is 1.01. The molecule has 9 aromatic carbocycles. The van der Waals surface area contributed by atoms with Crippen molar-refractivity contribution in [1.29, 1.82) is 0 Å². The molecule has 0 N–H and O–H groups in total. The molecular weight excluding hydrogens is 759 g/mol. The second kappa shape index (κ2) is 13.9. The molecule has 0 unspecified atom stereocenters. The zero-order chi connectivity index (χ0) is 40.7. The summed E-state index contributed by atoms with van der Waals surface area (Å²) in [7, 11) is 0. The fraction of sp³-hybridized carbons (Fsp3) is 0.0526. The maximum Gasteiger partial charge on any atom is 0.0602 e. The van der Waals surface area contributed by atoms with E-state index in [1.54, 1.807) is 0 Å². The highest BCUT2D eigenvalue weighted by Gasteiger charge is 2.37. The van der Waals surface area contributed by atoms with Gasteiger partial charge in [-0.1, -0.05) is 135 Å². The van der Waals surface area contributed by atoms with Crippen molar-refractivity contribution < 1.29 is 0 Å². The Labute approximate surface area is 360 Å². The number of para-hydroxylation sites is 5. The normalized spacial score (nSPS) is 13.7. The first-order valence-electron chi connectivity index (χ1n) is 21.0. The number of anilines is 6. The number of hydrogen-bond donors (Lipinski definition) is 0. The summed E-state index contributed by atoms with van der Waals surface area (Å²) in [6.07, 6.45) is 0. The van der Waals surface area contributed by atoms with Gasteiger partial charge in [0.2, 0.25) is 0 Å². The molecule has 1 aromatic heterocycles. The third-order valence-electron chi connectivity index (χ3n) is 12.7. The summed E-state index contributed by atoms with van der Waals surface area (Å²) in [5, 5.41) is 2.48. The van der Waals surface area contributed by atoms with E-state index in [0.29, 0.717) is 0 Å². The minimum absolute atomic E-state index is 0.192. The van der Waals surface area contributed by atoms with Gasteiger partial charge in [-0.3, -0.25) is 0 Å². The SMILES string of the molecule is CC1(C)c2ccccc2N(c2ccccc2)c2ccc(-c3ccc4c(c3)c3cc(-c5ccc6c(c5)Sc5ccccc5N6c5ccccc5)ccc3n4-c3ccccc3)cc21. The van der Waals surface area contributed by atoms with E-state index in [1.165, 1.54) is 93.4 Å². The maximum atomic E-state index is 2.44. The molecule has 0 bridgehead atoms. The van der Waals surface area contributed by atoms with Crippen molar-refractivity contribution in [1.82, 2.24) is 4.57 Å². The zero-order valence-electron chi connectivity index (χ0n) is 34.0. The number of benzene rings is 9. The third-order valence-corrected chi connectivity index (χ3v) is 13.8. The summed E-state index contributed by atoms with van der Waals surface area (Å²) < 4.78 is 2.42. The average Bonchev–Trinajstić information content (AvgIpc) is 3.64. The van der Waals surface area contributed by atoms with Crippen LogP contribution in [0, 0.1) is 0 Å². The maximum absolute atomic E-state index is 2.44. The van der Waals surface area contributed by atoms with Crippen LogP contribution in [0.15, 0.2) is 222 Å². The van der Waals surface area contributed by atoms with Crippen LogP contribution in [0.4, 0.5) is 34.1 Å². The van der Waals surface area contributed by atoms with Gasteiger partial charge in [0.25, 0.3) is 0 Å². The van der Waals surface area contributed by atoms with Crippen LogP contribution in [0.2, 0.25) is 0 Å². The molecule has 0 spiro atoms. The molecule has 12 rings (SSSR count). The molecule has 3 heterocycles. The molecule has 0 fully saturated rings. The monoisotopic (exact) mass is 799 g/mol. The van der Waals surface area contributed by atoms with Crippen LogP contribution in [-0.2, 0) is 5.41 Å². The highest BCUT2D eigenvalue weighted by atomic mass is 32.2. The van der Waals surface area contributed by atoms with Crippen molar-refractivity contribution >= 4 is 67.7 Å². The van der Waals surface area contributed by atoms with E-state index < -0.39 is 0 Å². The average molecular weight is 800 g/mol. The van der Waals surface area contributed by atoms with Crippen molar-refractivity contribution in [2.75, 3.05) is 9.80 Å². The Morgan fingerprint density at radius 3 is 1.43 bits per heavy atom. The quantitative estimate of drug-likeness (QED) is 0.172. The van der Waals surface area contributed by atoms with Crippen LogP contribution in [0.5, 0.6) is 0 Å². The number of rotatable bonds is 5. The highest BCUT2D eigenvalue weighted by Crippen LogP contribution is 2.54. The summed E-state index contributed by atoms with van der Waals surface area (Å²) in [4.78, 5) is 7.32. The van der Waals surface area contributed by atoms with Crippen molar-refractivity contribution in [3.63, 3.8) is 0 Å². The number of fused-ring (bicyclic) bond motifs is 7. The molecule has 2 aliphatic heterocycles. The van der Waals surface area contributed by atoms with Gasteiger partial charge >= 0.3 is 0 Å². The summed E-state index contributed by atoms with van der Waals surface area (Å²) in [6, 6.07) is 77.9. The number of hydrogen-bond acceptors (Lipinski definition) is 3. The van der Waals surface area contributed by atoms with Crippen LogP contribution < -0.4 is 9.80 Å². The van der Waals surface area contributed by atoms with Crippen molar-refractivity contribution in [3.8, 4) is 27.9 Å². The molecule has 0 saturated heterocycles. The van der Waals surface area contributed by atoms with Gasteiger partial charge in [0, 0.05) is 43.0 Å². The van der Waals surface area contributed by atoms with Crippen LogP contribution >= 0.6 is 11.8 Å². The summed E-state index contributed by atoms with van der Waals surface area (Å²) >= 11 is 1.85. The molecule has 4 heteroatoms. The van der Waals surface area contributed by atoms with Crippen LogP contribution in [0.1, 0.15) is 25.0 Å². The lowest BCUT2D eigenvalue weighted by atomic mass is 9.73. The predicted octanol–water partition coefficient (Wildman–Crippen LogP) is 16.2. The van der Waals surface area contributed by atoms with Crippen LogP contribution in [0.3, 0.4) is 0 Å². The first kappa shape index (κ1) is 35.7. The molecule has 0 radical (unpaired) electrons. The molecule has 0 saturated carbocycles. The largest absolute Gasteiger partial charge is 0.310 e. The Kier molecular flexibility index (Phi) is 8.13. The summed E-state index contributed by atoms with van der Waals surface area (Å²) in [6.45, 7) is 4.73. The van der Waals surface area contributed by atoms with Gasteiger partial charge in [0.15, 0.2) is 0 Å². The molecule has 0 atom stereocenters. The lowest BCUT2D eigenvalue weighted by Gasteiger charge is -2.42. The smallest absolute Gasteiger partial charge is 0.0602 e. The minimum Gasteiger partial charge on any atom is -0.310 e. The lowest BCUT2D eigenvalue weighted by Crippen LogP contribution is -2.30. The number of nitrogens with zero attached hydrogens (tertiary/aromatic N) is 3. The molecule has 0 amide bonds. The van der Waals surface area contributed by atoms with E-state index in [-0.39, 0.29) is 5.41 Å². The Bertz CT molecular complexity index is 3310. The molecule has 10 aromatic rings. The topological polar surface area (TPSA) is 11.4 Å². The van der Waals surface area contributed by atoms with Crippen LogP contribution in [0.25, 0.3) is 49.7 Å². The van der Waals surface area contributed by atoms with Gasteiger partial charge in [-0.25, -0.2) is 0 Å².